The highest BCUT2D eigenvalue weighted by molar-refractivity contribution is 5.83. The van der Waals surface area contributed by atoms with E-state index in [1.807, 2.05) is 4.90 Å². The van der Waals surface area contributed by atoms with E-state index in [0.29, 0.717) is 35.5 Å². The van der Waals surface area contributed by atoms with Gasteiger partial charge in [0.15, 0.2) is 23.1 Å². The fraction of sp³-hybridized carbons (Fsp3) is 0.267. The molecule has 6 nitrogen and oxygen atoms in total. The maximum Gasteiger partial charge on any atom is 0.182 e. The molecule has 8 heteroatoms. The van der Waals surface area contributed by atoms with Crippen LogP contribution in [0.4, 0.5) is 14.6 Å². The lowest BCUT2D eigenvalue weighted by molar-refractivity contribution is 0.194. The maximum atomic E-state index is 13.6. The Labute approximate surface area is 129 Å². The van der Waals surface area contributed by atoms with Gasteiger partial charge in [-0.25, -0.2) is 23.7 Å². The molecule has 23 heavy (non-hydrogen) atoms. The molecule has 0 aliphatic carbocycles. The average Bonchev–Trinajstić information content (AvgIpc) is 3.16. The molecule has 0 amide bonds. The summed E-state index contributed by atoms with van der Waals surface area (Å²) in [6, 6.07) is 3.48. The van der Waals surface area contributed by atoms with Crippen molar-refractivity contribution in [3.05, 3.63) is 48.1 Å². The van der Waals surface area contributed by atoms with Crippen molar-refractivity contribution in [1.82, 2.24) is 19.9 Å². The van der Waals surface area contributed by atoms with Crippen LogP contribution in [0.2, 0.25) is 0 Å². The van der Waals surface area contributed by atoms with Crippen molar-refractivity contribution in [2.75, 3.05) is 11.4 Å². The number of imidazole rings is 1. The molecule has 2 aromatic heterocycles. The highest BCUT2D eigenvalue weighted by Gasteiger charge is 2.34. The Morgan fingerprint density at radius 3 is 2.87 bits per heavy atom. The minimum atomic E-state index is -0.904. The van der Waals surface area contributed by atoms with E-state index in [4.69, 9.17) is 0 Å². The second kappa shape index (κ2) is 5.24. The molecule has 0 unspecified atom stereocenters. The van der Waals surface area contributed by atoms with Gasteiger partial charge in [-0.1, -0.05) is 6.07 Å². The van der Waals surface area contributed by atoms with Crippen LogP contribution in [0.5, 0.6) is 0 Å². The number of aliphatic hydroxyl groups is 1. The van der Waals surface area contributed by atoms with Gasteiger partial charge in [0.05, 0.1) is 18.5 Å². The Hall–Kier alpha value is -2.61. The molecule has 3 heterocycles. The van der Waals surface area contributed by atoms with Crippen LogP contribution in [0, 0.1) is 11.6 Å². The molecule has 0 saturated carbocycles. The van der Waals surface area contributed by atoms with Crippen molar-refractivity contribution in [3.8, 4) is 0 Å². The van der Waals surface area contributed by atoms with Crippen molar-refractivity contribution in [3.63, 3.8) is 0 Å². The molecule has 3 aromatic rings. The van der Waals surface area contributed by atoms with Gasteiger partial charge in [0.25, 0.3) is 0 Å². The zero-order valence-corrected chi connectivity index (χ0v) is 11.9. The Morgan fingerprint density at radius 1 is 1.17 bits per heavy atom. The normalized spacial score (nSPS) is 21.3. The molecule has 2 N–H and O–H groups in total. The van der Waals surface area contributed by atoms with Gasteiger partial charge in [-0.05, 0) is 24.1 Å². The molecule has 0 bridgehead atoms. The average molecular weight is 317 g/mol. The lowest BCUT2D eigenvalue weighted by Gasteiger charge is -2.25. The molecule has 1 aromatic carbocycles. The third kappa shape index (κ3) is 2.31. The van der Waals surface area contributed by atoms with Crippen LogP contribution in [0.25, 0.3) is 11.2 Å². The van der Waals surface area contributed by atoms with E-state index in [1.165, 1.54) is 18.7 Å². The first-order valence-corrected chi connectivity index (χ1v) is 7.17. The standard InChI is InChI=1S/C15H13F2N5O/c16-10-2-1-8(3-11(10)17)12-4-9(23)5-22(12)15-13-14(19-6-18-13)20-7-21-15/h1-3,6-7,9,12,23H,4-5H2,(H,18,19,20,21)/t9-,12+/m1/s1. The molecular formula is C15H13F2N5O. The number of hydrogen-bond acceptors (Lipinski definition) is 5. The van der Waals surface area contributed by atoms with E-state index >= 15 is 0 Å². The van der Waals surface area contributed by atoms with Crippen molar-refractivity contribution in [1.29, 1.82) is 0 Å². The van der Waals surface area contributed by atoms with Crippen LogP contribution in [0.15, 0.2) is 30.9 Å². The smallest absolute Gasteiger partial charge is 0.182 e. The molecule has 118 valence electrons. The van der Waals surface area contributed by atoms with Crippen LogP contribution >= 0.6 is 0 Å². The summed E-state index contributed by atoms with van der Waals surface area (Å²) in [5, 5.41) is 10.1. The number of benzene rings is 1. The summed E-state index contributed by atoms with van der Waals surface area (Å²) >= 11 is 0. The molecule has 2 atom stereocenters. The number of aliphatic hydroxyl groups excluding tert-OH is 1. The predicted octanol–water partition coefficient (Wildman–Crippen LogP) is 1.94. The number of aromatic nitrogens is 4. The first kappa shape index (κ1) is 14.0. The Kier molecular flexibility index (Phi) is 3.19. The summed E-state index contributed by atoms with van der Waals surface area (Å²) in [6.07, 6.45) is 2.74. The molecule has 0 radical (unpaired) electrons. The molecule has 1 aliphatic heterocycles. The van der Waals surface area contributed by atoms with E-state index in [9.17, 15) is 13.9 Å². The number of hydrogen-bond donors (Lipinski definition) is 2. The number of anilines is 1. The third-order valence-corrected chi connectivity index (χ3v) is 4.08. The topological polar surface area (TPSA) is 77.9 Å². The number of aromatic amines is 1. The first-order chi connectivity index (χ1) is 11.1. The highest BCUT2D eigenvalue weighted by atomic mass is 19.2. The van der Waals surface area contributed by atoms with E-state index in [-0.39, 0.29) is 6.04 Å². The second-order valence-electron chi connectivity index (χ2n) is 5.53. The zero-order chi connectivity index (χ0) is 16.0. The lowest BCUT2D eigenvalue weighted by atomic mass is 10.0. The van der Waals surface area contributed by atoms with E-state index in [2.05, 4.69) is 19.9 Å². The predicted molar refractivity (Wildman–Crippen MR) is 78.8 cm³/mol. The van der Waals surface area contributed by atoms with Crippen molar-refractivity contribution in [2.24, 2.45) is 0 Å². The lowest BCUT2D eigenvalue weighted by Crippen LogP contribution is -2.25. The molecule has 0 spiro atoms. The monoisotopic (exact) mass is 317 g/mol. The fourth-order valence-electron chi connectivity index (χ4n) is 3.05. The largest absolute Gasteiger partial charge is 0.391 e. The van der Waals surface area contributed by atoms with Gasteiger partial charge in [-0.15, -0.1) is 0 Å². The van der Waals surface area contributed by atoms with Crippen molar-refractivity contribution in [2.45, 2.75) is 18.6 Å². The number of H-pyrrole nitrogens is 1. The number of rotatable bonds is 2. The second-order valence-corrected chi connectivity index (χ2v) is 5.53. The number of halogens is 2. The minimum absolute atomic E-state index is 0.304. The summed E-state index contributed by atoms with van der Waals surface area (Å²) in [4.78, 5) is 17.3. The summed E-state index contributed by atoms with van der Waals surface area (Å²) in [7, 11) is 0. The van der Waals surface area contributed by atoms with Crippen LogP contribution in [0.1, 0.15) is 18.0 Å². The van der Waals surface area contributed by atoms with Crippen LogP contribution < -0.4 is 4.90 Å². The van der Waals surface area contributed by atoms with Gasteiger partial charge in [0.2, 0.25) is 0 Å². The summed E-state index contributed by atoms with van der Waals surface area (Å²) in [6.45, 7) is 0.342. The van der Waals surface area contributed by atoms with Gasteiger partial charge in [0.1, 0.15) is 11.8 Å². The minimum Gasteiger partial charge on any atom is -0.391 e. The first-order valence-electron chi connectivity index (χ1n) is 7.17. The fourth-order valence-corrected chi connectivity index (χ4v) is 3.05. The maximum absolute atomic E-state index is 13.6. The quantitative estimate of drug-likeness (QED) is 0.755. The van der Waals surface area contributed by atoms with Gasteiger partial charge in [0, 0.05) is 6.54 Å². The highest BCUT2D eigenvalue weighted by Crippen LogP contribution is 2.37. The molecular weight excluding hydrogens is 304 g/mol. The van der Waals surface area contributed by atoms with Crippen molar-refractivity contribution < 1.29 is 13.9 Å². The van der Waals surface area contributed by atoms with Crippen molar-refractivity contribution >= 4 is 17.0 Å². The van der Waals surface area contributed by atoms with Gasteiger partial charge < -0.3 is 15.0 Å². The summed E-state index contributed by atoms with van der Waals surface area (Å²) in [5.74, 6) is -1.21. The third-order valence-electron chi connectivity index (χ3n) is 4.08. The molecule has 1 saturated heterocycles. The number of β-amino-alcohol motifs (C(OH)–C–C–N with tert-alkyl or cyclic N) is 1. The number of nitrogens with zero attached hydrogens (tertiary/aromatic N) is 4. The summed E-state index contributed by atoms with van der Waals surface area (Å²) < 4.78 is 26.7. The molecule has 1 fully saturated rings. The Morgan fingerprint density at radius 2 is 2.04 bits per heavy atom. The number of nitrogens with one attached hydrogen (secondary N) is 1. The Bertz CT molecular complexity index is 868. The van der Waals surface area contributed by atoms with Crippen LogP contribution in [0.3, 0.4) is 0 Å². The molecule has 1 aliphatic rings. The Balaban J connectivity index is 1.79. The van der Waals surface area contributed by atoms with Crippen LogP contribution in [-0.2, 0) is 0 Å². The van der Waals surface area contributed by atoms with E-state index in [0.717, 1.165) is 12.1 Å². The summed E-state index contributed by atoms with van der Waals surface area (Å²) in [5.41, 5.74) is 1.75. The van der Waals surface area contributed by atoms with Crippen LogP contribution in [-0.4, -0.2) is 37.7 Å². The van der Waals surface area contributed by atoms with E-state index in [1.54, 1.807) is 0 Å². The number of fused-ring (bicyclic) bond motifs is 1. The van der Waals surface area contributed by atoms with Gasteiger partial charge in [-0.3, -0.25) is 0 Å². The SMILES string of the molecule is O[C@@H]1C[C@@H](c2ccc(F)c(F)c2)N(c2ncnc3nc[nH]c23)C1. The van der Waals surface area contributed by atoms with E-state index < -0.39 is 17.7 Å². The zero-order valence-electron chi connectivity index (χ0n) is 11.9. The van der Waals surface area contributed by atoms with Gasteiger partial charge >= 0.3 is 0 Å². The molecule has 4 rings (SSSR count). The van der Waals surface area contributed by atoms with Gasteiger partial charge in [-0.2, -0.15) is 0 Å².